The minimum absolute atomic E-state index is 0.208. The fourth-order valence-electron chi connectivity index (χ4n) is 3.12. The smallest absolute Gasteiger partial charge is 0.322 e. The maximum atomic E-state index is 12.9. The van der Waals surface area contributed by atoms with Gasteiger partial charge in [-0.15, -0.1) is 0 Å². The molecule has 3 rings (SSSR count). The molecule has 0 radical (unpaired) electrons. The van der Waals surface area contributed by atoms with E-state index in [9.17, 15) is 4.79 Å². The van der Waals surface area contributed by atoms with E-state index in [0.717, 1.165) is 12.2 Å². The second-order valence-corrected chi connectivity index (χ2v) is 7.15. The number of carbonyl (C=O) groups excluding carboxylic acids is 1. The van der Waals surface area contributed by atoms with Gasteiger partial charge in [-0.25, -0.2) is 4.79 Å². The van der Waals surface area contributed by atoms with Gasteiger partial charge in [-0.2, -0.15) is 5.26 Å². The molecule has 2 aromatic carbocycles. The number of benzene rings is 2. The lowest BCUT2D eigenvalue weighted by Gasteiger charge is -2.24. The van der Waals surface area contributed by atoms with Crippen molar-refractivity contribution in [3.63, 3.8) is 0 Å². The van der Waals surface area contributed by atoms with Crippen molar-refractivity contribution in [2.24, 2.45) is 0 Å². The summed E-state index contributed by atoms with van der Waals surface area (Å²) in [7, 11) is 1.62. The van der Waals surface area contributed by atoms with E-state index in [-0.39, 0.29) is 6.03 Å². The van der Waals surface area contributed by atoms with Crippen molar-refractivity contribution < 1.29 is 9.53 Å². The van der Waals surface area contributed by atoms with Crippen molar-refractivity contribution in [2.75, 3.05) is 25.6 Å². The normalized spacial score (nSPS) is 10.4. The lowest BCUT2D eigenvalue weighted by atomic mass is 10.1. The highest BCUT2D eigenvalue weighted by molar-refractivity contribution is 5.89. The number of aryl methyl sites for hydroxylation is 1. The summed E-state index contributed by atoms with van der Waals surface area (Å²) in [6, 6.07) is 21.2. The van der Waals surface area contributed by atoms with E-state index in [1.807, 2.05) is 18.3 Å². The van der Waals surface area contributed by atoms with Crippen LogP contribution in [0.2, 0.25) is 0 Å². The molecule has 0 aliphatic carbocycles. The number of carbonyl (C=O) groups is 1. The molecule has 154 valence electrons. The first-order valence-corrected chi connectivity index (χ1v) is 9.83. The van der Waals surface area contributed by atoms with E-state index < -0.39 is 0 Å². The average molecular weight is 402 g/mol. The number of methoxy groups -OCH3 is 1. The first-order valence-electron chi connectivity index (χ1n) is 9.83. The molecule has 1 heterocycles. The Balaban J connectivity index is 1.71. The fraction of sp³-hybridized carbons (Fsp3) is 0.250. The van der Waals surface area contributed by atoms with Gasteiger partial charge < -0.3 is 19.5 Å². The molecule has 0 saturated carbocycles. The highest BCUT2D eigenvalue weighted by atomic mass is 16.5. The zero-order valence-corrected chi connectivity index (χ0v) is 17.3. The van der Waals surface area contributed by atoms with E-state index in [1.165, 1.54) is 11.1 Å². The number of anilines is 1. The number of urea groups is 1. The van der Waals surface area contributed by atoms with Gasteiger partial charge in [0.05, 0.1) is 24.8 Å². The predicted molar refractivity (Wildman–Crippen MR) is 117 cm³/mol. The number of nitriles is 1. The first-order chi connectivity index (χ1) is 14.6. The number of aromatic nitrogens is 1. The molecule has 0 atom stereocenters. The quantitative estimate of drug-likeness (QED) is 0.607. The van der Waals surface area contributed by atoms with Crippen molar-refractivity contribution in [1.29, 1.82) is 5.26 Å². The number of amides is 2. The SMILES string of the molecule is COCCN(Cc1cccn1Cc1ccc(C)cc1)C(=O)Nc1ccc(C#N)cc1. The molecule has 6 heteroatoms. The molecule has 0 fully saturated rings. The van der Waals surface area contributed by atoms with Gasteiger partial charge in [0.2, 0.25) is 0 Å². The summed E-state index contributed by atoms with van der Waals surface area (Å²) in [6.45, 7) is 4.20. The Morgan fingerprint density at radius 1 is 1.13 bits per heavy atom. The molecule has 1 N–H and O–H groups in total. The molecule has 0 unspecified atom stereocenters. The Morgan fingerprint density at radius 2 is 1.87 bits per heavy atom. The van der Waals surface area contributed by atoms with Crippen LogP contribution in [-0.4, -0.2) is 35.8 Å². The summed E-state index contributed by atoms with van der Waals surface area (Å²) in [5.74, 6) is 0. The Bertz CT molecular complexity index is 1000. The maximum absolute atomic E-state index is 12.9. The number of rotatable bonds is 8. The zero-order chi connectivity index (χ0) is 21.3. The van der Waals surface area contributed by atoms with E-state index in [1.54, 1.807) is 36.3 Å². The number of hydrogen-bond donors (Lipinski definition) is 1. The largest absolute Gasteiger partial charge is 0.383 e. The number of ether oxygens (including phenoxy) is 1. The molecule has 0 spiro atoms. The van der Waals surface area contributed by atoms with Crippen molar-refractivity contribution in [3.8, 4) is 6.07 Å². The summed E-state index contributed by atoms with van der Waals surface area (Å²) in [5, 5.41) is 11.8. The van der Waals surface area contributed by atoms with Crippen LogP contribution in [-0.2, 0) is 17.8 Å². The minimum Gasteiger partial charge on any atom is -0.383 e. The number of nitrogens with one attached hydrogen (secondary N) is 1. The lowest BCUT2D eigenvalue weighted by molar-refractivity contribution is 0.152. The van der Waals surface area contributed by atoms with E-state index in [0.29, 0.717) is 30.9 Å². The Kier molecular flexibility index (Phi) is 7.25. The number of hydrogen-bond acceptors (Lipinski definition) is 3. The molecule has 3 aromatic rings. The van der Waals surface area contributed by atoms with Gasteiger partial charge in [0.1, 0.15) is 0 Å². The summed E-state index contributed by atoms with van der Waals surface area (Å²) in [4.78, 5) is 14.6. The highest BCUT2D eigenvalue weighted by Gasteiger charge is 2.16. The van der Waals surface area contributed by atoms with Crippen LogP contribution in [0.4, 0.5) is 10.5 Å². The predicted octanol–water partition coefficient (Wildman–Crippen LogP) is 4.40. The third-order valence-electron chi connectivity index (χ3n) is 4.87. The highest BCUT2D eigenvalue weighted by Crippen LogP contribution is 2.14. The molecule has 1 aromatic heterocycles. The van der Waals surface area contributed by atoms with Gasteiger partial charge in [-0.3, -0.25) is 0 Å². The van der Waals surface area contributed by atoms with Gasteiger partial charge in [0, 0.05) is 37.8 Å². The first kappa shape index (κ1) is 21.2. The molecule has 0 aliphatic rings. The third kappa shape index (κ3) is 5.72. The van der Waals surface area contributed by atoms with Crippen molar-refractivity contribution in [2.45, 2.75) is 20.0 Å². The molecular weight excluding hydrogens is 376 g/mol. The second kappa shape index (κ2) is 10.3. The summed E-state index contributed by atoms with van der Waals surface area (Å²) >= 11 is 0. The van der Waals surface area contributed by atoms with Crippen LogP contribution in [0, 0.1) is 18.3 Å². The Morgan fingerprint density at radius 3 is 2.53 bits per heavy atom. The average Bonchev–Trinajstić information content (AvgIpc) is 3.19. The van der Waals surface area contributed by atoms with Gasteiger partial charge in [-0.05, 0) is 48.9 Å². The van der Waals surface area contributed by atoms with Crippen molar-refractivity contribution >= 4 is 11.7 Å². The van der Waals surface area contributed by atoms with Gasteiger partial charge in [-0.1, -0.05) is 29.8 Å². The summed E-state index contributed by atoms with van der Waals surface area (Å²) < 4.78 is 7.35. The number of nitrogens with zero attached hydrogens (tertiary/aromatic N) is 3. The molecule has 30 heavy (non-hydrogen) atoms. The Labute approximate surface area is 177 Å². The van der Waals surface area contributed by atoms with Crippen LogP contribution in [0.25, 0.3) is 0 Å². The molecule has 0 aliphatic heterocycles. The molecular formula is C24H26N4O2. The molecule has 0 saturated heterocycles. The van der Waals surface area contributed by atoms with E-state index in [4.69, 9.17) is 10.00 Å². The fourth-order valence-corrected chi connectivity index (χ4v) is 3.12. The maximum Gasteiger partial charge on any atom is 0.322 e. The van der Waals surface area contributed by atoms with E-state index in [2.05, 4.69) is 47.1 Å². The van der Waals surface area contributed by atoms with Crippen LogP contribution < -0.4 is 5.32 Å². The van der Waals surface area contributed by atoms with Crippen LogP contribution in [0.1, 0.15) is 22.4 Å². The van der Waals surface area contributed by atoms with Gasteiger partial charge in [0.15, 0.2) is 0 Å². The van der Waals surface area contributed by atoms with Crippen LogP contribution in [0.5, 0.6) is 0 Å². The van der Waals surface area contributed by atoms with Crippen LogP contribution >= 0.6 is 0 Å². The van der Waals surface area contributed by atoms with E-state index >= 15 is 0 Å². The lowest BCUT2D eigenvalue weighted by Crippen LogP contribution is -2.37. The van der Waals surface area contributed by atoms with Crippen LogP contribution in [0.3, 0.4) is 0 Å². The Hall–Kier alpha value is -3.56. The van der Waals surface area contributed by atoms with Crippen LogP contribution in [0.15, 0.2) is 66.9 Å². The molecule has 2 amide bonds. The second-order valence-electron chi connectivity index (χ2n) is 7.15. The standard InChI is InChI=1S/C24H26N4O2/c1-19-5-7-21(8-6-19)17-27-13-3-4-23(27)18-28(14-15-30-2)24(29)26-22-11-9-20(16-25)10-12-22/h3-13H,14-15,17-18H2,1-2H3,(H,26,29). The van der Waals surface area contributed by atoms with Crippen molar-refractivity contribution in [3.05, 3.63) is 89.2 Å². The molecule has 0 bridgehead atoms. The summed E-state index contributed by atoms with van der Waals surface area (Å²) in [6.07, 6.45) is 2.03. The van der Waals surface area contributed by atoms with Gasteiger partial charge in [0.25, 0.3) is 0 Å². The van der Waals surface area contributed by atoms with Crippen molar-refractivity contribution in [1.82, 2.24) is 9.47 Å². The summed E-state index contributed by atoms with van der Waals surface area (Å²) in [5.41, 5.74) is 4.69. The third-order valence-corrected chi connectivity index (χ3v) is 4.87. The monoisotopic (exact) mass is 402 g/mol. The minimum atomic E-state index is -0.208. The topological polar surface area (TPSA) is 70.3 Å². The zero-order valence-electron chi connectivity index (χ0n) is 17.3. The molecule has 6 nitrogen and oxygen atoms in total. The van der Waals surface area contributed by atoms with Gasteiger partial charge >= 0.3 is 6.03 Å².